The smallest absolute Gasteiger partial charge is 0.408 e. The van der Waals surface area contributed by atoms with Crippen molar-refractivity contribution >= 4 is 22.2 Å². The van der Waals surface area contributed by atoms with Gasteiger partial charge in [0, 0.05) is 12.0 Å². The molecule has 1 atom stereocenters. The fourth-order valence-corrected chi connectivity index (χ4v) is 5.48. The maximum absolute atomic E-state index is 12.9. The van der Waals surface area contributed by atoms with E-state index in [0.717, 1.165) is 16.7 Å². The lowest BCUT2D eigenvalue weighted by molar-refractivity contribution is -0.149. The molecule has 0 unspecified atom stereocenters. The number of esters is 1. The van der Waals surface area contributed by atoms with Crippen LogP contribution in [-0.2, 0) is 41.4 Å². The van der Waals surface area contributed by atoms with E-state index in [2.05, 4.69) is 5.32 Å². The molecule has 2 aromatic carbocycles. The third kappa shape index (κ3) is 7.26. The van der Waals surface area contributed by atoms with Crippen LogP contribution in [0, 0.1) is 6.92 Å². The Kier molecular flexibility index (Phi) is 8.48. The van der Waals surface area contributed by atoms with Crippen molar-refractivity contribution in [2.45, 2.75) is 82.4 Å². The van der Waals surface area contributed by atoms with Gasteiger partial charge in [-0.2, -0.15) is 8.42 Å². The summed E-state index contributed by atoms with van der Waals surface area (Å²) in [4.78, 5) is 25.6. The third-order valence-electron chi connectivity index (χ3n) is 6.07. The van der Waals surface area contributed by atoms with E-state index in [1.807, 2.05) is 19.1 Å². The van der Waals surface area contributed by atoms with E-state index >= 15 is 0 Å². The summed E-state index contributed by atoms with van der Waals surface area (Å²) >= 11 is 0. The second kappa shape index (κ2) is 10.9. The molecule has 208 valence electrons. The van der Waals surface area contributed by atoms with Gasteiger partial charge in [-0.3, -0.25) is 4.18 Å². The molecule has 0 fully saturated rings. The first-order valence-corrected chi connectivity index (χ1v) is 13.8. The lowest BCUT2D eigenvalue weighted by Crippen LogP contribution is -2.59. The number of carbonyl (C=O) groups excluding carboxylic acids is 2. The number of hydrogen-bond donors (Lipinski definition) is 1. The highest BCUT2D eigenvalue weighted by Gasteiger charge is 2.45. The predicted molar refractivity (Wildman–Crippen MR) is 142 cm³/mol. The Bertz CT molecular complexity index is 1280. The number of carbonyl (C=O) groups is 2. The van der Waals surface area contributed by atoms with Gasteiger partial charge in [-0.1, -0.05) is 29.8 Å². The van der Waals surface area contributed by atoms with Crippen LogP contribution in [0.3, 0.4) is 0 Å². The Balaban J connectivity index is 1.81. The Labute approximate surface area is 224 Å². The summed E-state index contributed by atoms with van der Waals surface area (Å²) in [5.74, 6) is -0.123. The fraction of sp³-hybridized carbons (Fsp3) is 0.500. The van der Waals surface area contributed by atoms with Crippen molar-refractivity contribution in [1.29, 1.82) is 0 Å². The van der Waals surface area contributed by atoms with Crippen LogP contribution < -0.4 is 10.1 Å². The van der Waals surface area contributed by atoms with Crippen LogP contribution in [0.5, 0.6) is 5.75 Å². The number of benzene rings is 2. The summed E-state index contributed by atoms with van der Waals surface area (Å²) in [6.45, 7) is 10.2. The van der Waals surface area contributed by atoms with E-state index in [4.69, 9.17) is 18.4 Å². The van der Waals surface area contributed by atoms with Gasteiger partial charge in [0.2, 0.25) is 0 Å². The van der Waals surface area contributed by atoms with Gasteiger partial charge in [0.05, 0.1) is 12.0 Å². The molecule has 0 saturated heterocycles. The fourth-order valence-electron chi connectivity index (χ4n) is 4.27. The topological polar surface area (TPSA) is 117 Å². The summed E-state index contributed by atoms with van der Waals surface area (Å²) in [6, 6.07) is 11.9. The molecule has 2 aromatic rings. The zero-order chi connectivity index (χ0) is 28.4. The Morgan fingerprint density at radius 3 is 2.29 bits per heavy atom. The molecule has 0 aliphatic heterocycles. The maximum atomic E-state index is 12.9. The van der Waals surface area contributed by atoms with E-state index in [-0.39, 0.29) is 17.9 Å². The minimum absolute atomic E-state index is 0.0596. The predicted octanol–water partition coefficient (Wildman–Crippen LogP) is 4.48. The highest BCUT2D eigenvalue weighted by atomic mass is 32.2. The van der Waals surface area contributed by atoms with Crippen LogP contribution in [0.2, 0.25) is 0 Å². The number of rotatable bonds is 8. The van der Waals surface area contributed by atoms with Gasteiger partial charge in [-0.25, -0.2) is 9.59 Å². The number of nitrogens with one attached hydrogen (secondary N) is 1. The second-order valence-corrected chi connectivity index (χ2v) is 12.7. The largest absolute Gasteiger partial charge is 0.490 e. The number of alkyl carbamates (subject to hydrolysis) is 1. The first-order chi connectivity index (χ1) is 17.6. The summed E-state index contributed by atoms with van der Waals surface area (Å²) in [6.07, 6.45) is 0.200. The molecule has 1 aliphatic carbocycles. The summed E-state index contributed by atoms with van der Waals surface area (Å²) in [5, 5.41) is 2.74. The number of ether oxygens (including phenoxy) is 3. The number of amides is 1. The molecule has 38 heavy (non-hydrogen) atoms. The minimum Gasteiger partial charge on any atom is -0.490 e. The molecule has 1 aliphatic rings. The molecule has 3 rings (SSSR count). The molecule has 0 aromatic heterocycles. The maximum Gasteiger partial charge on any atom is 0.408 e. The van der Waals surface area contributed by atoms with Gasteiger partial charge in [-0.05, 0) is 78.1 Å². The van der Waals surface area contributed by atoms with E-state index in [1.54, 1.807) is 52.8 Å². The zero-order valence-corrected chi connectivity index (χ0v) is 23.9. The van der Waals surface area contributed by atoms with Gasteiger partial charge in [0.1, 0.15) is 29.1 Å². The number of methoxy groups -OCH3 is 1. The van der Waals surface area contributed by atoms with Gasteiger partial charge < -0.3 is 19.5 Å². The SMILES string of the molecule is COC(=O)[C@@]1(NC(=O)OC(C)(C)C)CCc2cccc(OCC(C)(C)OS(=O)(=O)c3ccc(C)cc3)c2C1. The average molecular weight is 548 g/mol. The van der Waals surface area contributed by atoms with Crippen LogP contribution in [0.15, 0.2) is 47.4 Å². The van der Waals surface area contributed by atoms with Crippen molar-refractivity contribution in [3.63, 3.8) is 0 Å². The molecule has 0 bridgehead atoms. The summed E-state index contributed by atoms with van der Waals surface area (Å²) in [5.41, 5.74) is -0.673. The molecular weight excluding hydrogens is 510 g/mol. The van der Waals surface area contributed by atoms with E-state index in [1.165, 1.54) is 19.2 Å². The highest BCUT2D eigenvalue weighted by molar-refractivity contribution is 7.86. The Hall–Kier alpha value is -3.11. The average Bonchev–Trinajstić information content (AvgIpc) is 2.80. The lowest BCUT2D eigenvalue weighted by atomic mass is 9.77. The zero-order valence-electron chi connectivity index (χ0n) is 23.0. The third-order valence-corrected chi connectivity index (χ3v) is 7.59. The summed E-state index contributed by atoms with van der Waals surface area (Å²) in [7, 11) is -2.75. The Morgan fingerprint density at radius 2 is 1.68 bits per heavy atom. The van der Waals surface area contributed by atoms with E-state index in [0.29, 0.717) is 18.6 Å². The van der Waals surface area contributed by atoms with Crippen molar-refractivity contribution in [3.8, 4) is 5.75 Å². The quantitative estimate of drug-likeness (QED) is 0.380. The monoisotopic (exact) mass is 547 g/mol. The molecule has 1 N–H and O–H groups in total. The highest BCUT2D eigenvalue weighted by Crippen LogP contribution is 2.36. The van der Waals surface area contributed by atoms with Crippen LogP contribution in [-0.4, -0.2) is 50.9 Å². The van der Waals surface area contributed by atoms with Crippen LogP contribution in [0.1, 0.15) is 57.7 Å². The number of aryl methyl sites for hydroxylation is 2. The van der Waals surface area contributed by atoms with Gasteiger partial charge in [0.25, 0.3) is 10.1 Å². The van der Waals surface area contributed by atoms with Gasteiger partial charge >= 0.3 is 12.1 Å². The normalized spacial score (nSPS) is 17.8. The van der Waals surface area contributed by atoms with Gasteiger partial charge in [0.15, 0.2) is 0 Å². The van der Waals surface area contributed by atoms with Crippen LogP contribution in [0.4, 0.5) is 4.79 Å². The van der Waals surface area contributed by atoms with Gasteiger partial charge in [-0.15, -0.1) is 0 Å². The van der Waals surface area contributed by atoms with Crippen molar-refractivity contribution in [2.24, 2.45) is 0 Å². The molecular formula is C28H37NO8S. The molecule has 9 nitrogen and oxygen atoms in total. The molecule has 0 radical (unpaired) electrons. The number of hydrogen-bond acceptors (Lipinski definition) is 8. The minimum atomic E-state index is -4.02. The van der Waals surface area contributed by atoms with Crippen LogP contribution in [0.25, 0.3) is 0 Å². The van der Waals surface area contributed by atoms with Crippen molar-refractivity contribution in [3.05, 3.63) is 59.2 Å². The van der Waals surface area contributed by atoms with Crippen molar-refractivity contribution in [1.82, 2.24) is 5.32 Å². The summed E-state index contributed by atoms with van der Waals surface area (Å²) < 4.78 is 47.7. The second-order valence-electron chi connectivity index (χ2n) is 11.2. The molecule has 10 heteroatoms. The first kappa shape index (κ1) is 29.4. The first-order valence-electron chi connectivity index (χ1n) is 12.4. The van der Waals surface area contributed by atoms with E-state index in [9.17, 15) is 18.0 Å². The van der Waals surface area contributed by atoms with Crippen LogP contribution >= 0.6 is 0 Å². The van der Waals surface area contributed by atoms with E-state index < -0.39 is 38.9 Å². The lowest BCUT2D eigenvalue weighted by Gasteiger charge is -2.37. The molecule has 0 saturated carbocycles. The molecule has 0 spiro atoms. The molecule has 0 heterocycles. The molecule has 1 amide bonds. The van der Waals surface area contributed by atoms with Crippen molar-refractivity contribution < 1.29 is 36.4 Å². The number of fused-ring (bicyclic) bond motifs is 1. The Morgan fingerprint density at radius 1 is 1.03 bits per heavy atom. The van der Waals surface area contributed by atoms with Crippen molar-refractivity contribution in [2.75, 3.05) is 13.7 Å². The standard InChI is InChI=1S/C28H37NO8S/c1-19-11-13-21(14-12-19)38(32,33)37-27(5,6)18-35-23-10-8-9-20-15-16-28(17-22(20)23,24(30)34-7)29-25(31)36-26(2,3)4/h8-14H,15-18H2,1-7H3,(H,29,31)/t28-/m1/s1.